The van der Waals surface area contributed by atoms with E-state index in [1.807, 2.05) is 80.8 Å². The number of nitrogens with one attached hydrogen (secondary N) is 1. The summed E-state index contributed by atoms with van der Waals surface area (Å²) in [5.74, 6) is 2.31. The van der Waals surface area contributed by atoms with Crippen LogP contribution in [0.4, 0.5) is 5.69 Å². The van der Waals surface area contributed by atoms with Gasteiger partial charge in [0.1, 0.15) is 0 Å². The minimum atomic E-state index is -0.328. The lowest BCUT2D eigenvalue weighted by molar-refractivity contribution is -0.116. The van der Waals surface area contributed by atoms with E-state index in [9.17, 15) is 9.90 Å². The molecule has 1 aliphatic carbocycles. The van der Waals surface area contributed by atoms with E-state index in [0.717, 1.165) is 48.9 Å². The highest BCUT2D eigenvalue weighted by Crippen LogP contribution is 2.34. The molecule has 192 valence electrons. The molecule has 6 heteroatoms. The van der Waals surface area contributed by atoms with Crippen molar-refractivity contribution >= 4 is 28.2 Å². The number of hydrogen-bond acceptors (Lipinski definition) is 4. The van der Waals surface area contributed by atoms with Crippen LogP contribution in [0.3, 0.4) is 0 Å². The summed E-state index contributed by atoms with van der Waals surface area (Å²) < 4.78 is 1.48. The molecule has 1 heterocycles. The van der Waals surface area contributed by atoms with Crippen molar-refractivity contribution in [2.24, 2.45) is 4.99 Å². The monoisotopic (exact) mass is 504 g/mol. The molecule has 3 aromatic carbocycles. The smallest absolute Gasteiger partial charge is 0.297 e. The van der Waals surface area contributed by atoms with E-state index >= 15 is 0 Å². The number of aromatic hydroxyl groups is 1. The van der Waals surface area contributed by atoms with Gasteiger partial charge in [0, 0.05) is 35.5 Å². The molecule has 1 fully saturated rings. The first-order valence-corrected chi connectivity index (χ1v) is 13.0. The molecule has 0 unspecified atom stereocenters. The van der Waals surface area contributed by atoms with E-state index in [-0.39, 0.29) is 17.8 Å². The van der Waals surface area contributed by atoms with Crippen molar-refractivity contribution in [1.29, 1.82) is 0 Å². The SMILES string of the molecule is CN(C)Cc1ccc(N=C(c2ccccc2)c2c(O)n(C#CC(=O)NC3CCCC3)c3ccccc23)cc1. The van der Waals surface area contributed by atoms with Crippen LogP contribution < -0.4 is 5.32 Å². The molecule has 6 nitrogen and oxygen atoms in total. The fraction of sp³-hybridized carbons (Fsp3) is 0.250. The molecule has 5 rings (SSSR count). The molecule has 1 amide bonds. The molecule has 0 bridgehead atoms. The van der Waals surface area contributed by atoms with E-state index < -0.39 is 0 Å². The van der Waals surface area contributed by atoms with Crippen LogP contribution in [0.2, 0.25) is 0 Å². The zero-order valence-electron chi connectivity index (χ0n) is 21.8. The van der Waals surface area contributed by atoms with Gasteiger partial charge in [0.15, 0.2) is 0 Å². The zero-order valence-corrected chi connectivity index (χ0v) is 21.8. The van der Waals surface area contributed by atoms with Crippen molar-refractivity contribution in [1.82, 2.24) is 14.8 Å². The Morgan fingerprint density at radius 2 is 1.68 bits per heavy atom. The largest absolute Gasteiger partial charge is 0.493 e. The standard InChI is InChI=1S/C32H32N4O2/c1-35(2)22-23-16-18-26(19-17-23)34-31(24-10-4-3-5-11-24)30-27-14-8-9-15-28(27)36(32(30)38)21-20-29(37)33-25-12-6-7-13-25/h3-5,8-11,14-19,25,38H,6-7,12-13,22H2,1-2H3,(H,33,37). The number of hydrogen-bond donors (Lipinski definition) is 2. The molecule has 4 aromatic rings. The van der Waals surface area contributed by atoms with E-state index in [1.165, 1.54) is 10.1 Å². The minimum Gasteiger partial charge on any atom is -0.493 e. The Labute approximate surface area is 223 Å². The number of benzene rings is 3. The van der Waals surface area contributed by atoms with Crippen LogP contribution in [0, 0.1) is 12.0 Å². The number of carbonyl (C=O) groups is 1. The minimum absolute atomic E-state index is 0.0424. The van der Waals surface area contributed by atoms with Crippen LogP contribution in [-0.2, 0) is 11.3 Å². The number of fused-ring (bicyclic) bond motifs is 1. The first kappa shape index (κ1) is 25.3. The average molecular weight is 505 g/mol. The molecule has 1 saturated carbocycles. The summed E-state index contributed by atoms with van der Waals surface area (Å²) >= 11 is 0. The Balaban J connectivity index is 1.59. The summed E-state index contributed by atoms with van der Waals surface area (Å²) in [6, 6.07) is 28.7. The van der Waals surface area contributed by atoms with Crippen LogP contribution in [0.15, 0.2) is 83.9 Å². The Morgan fingerprint density at radius 1 is 1.00 bits per heavy atom. The van der Waals surface area contributed by atoms with Crippen molar-refractivity contribution < 1.29 is 9.90 Å². The summed E-state index contributed by atoms with van der Waals surface area (Å²) in [5, 5.41) is 15.3. The number of aliphatic imine (C=N–C) groups is 1. The highest BCUT2D eigenvalue weighted by molar-refractivity contribution is 6.22. The number of rotatable bonds is 6. The lowest BCUT2D eigenvalue weighted by atomic mass is 10.0. The van der Waals surface area contributed by atoms with E-state index in [4.69, 9.17) is 4.99 Å². The predicted molar refractivity (Wildman–Crippen MR) is 153 cm³/mol. The van der Waals surface area contributed by atoms with Crippen molar-refractivity contribution in [3.05, 3.63) is 95.6 Å². The molecular formula is C32H32N4O2. The maximum Gasteiger partial charge on any atom is 0.297 e. The number of carbonyl (C=O) groups excluding carboxylic acids is 1. The molecule has 0 radical (unpaired) electrons. The lowest BCUT2D eigenvalue weighted by Crippen LogP contribution is -2.31. The highest BCUT2D eigenvalue weighted by atomic mass is 16.3. The predicted octanol–water partition coefficient (Wildman–Crippen LogP) is 5.45. The van der Waals surface area contributed by atoms with Crippen molar-refractivity contribution in [3.8, 4) is 17.8 Å². The lowest BCUT2D eigenvalue weighted by Gasteiger charge is -2.10. The maximum absolute atomic E-state index is 12.5. The molecule has 38 heavy (non-hydrogen) atoms. The molecule has 0 spiro atoms. The highest BCUT2D eigenvalue weighted by Gasteiger charge is 2.22. The van der Waals surface area contributed by atoms with Crippen LogP contribution in [-0.4, -0.2) is 46.3 Å². The Morgan fingerprint density at radius 3 is 2.39 bits per heavy atom. The Bertz CT molecular complexity index is 1520. The van der Waals surface area contributed by atoms with Gasteiger partial charge in [0.25, 0.3) is 5.91 Å². The Kier molecular flexibility index (Phi) is 7.57. The van der Waals surface area contributed by atoms with Gasteiger partial charge in [-0.2, -0.15) is 0 Å². The van der Waals surface area contributed by atoms with Crippen molar-refractivity contribution in [3.63, 3.8) is 0 Å². The van der Waals surface area contributed by atoms with Gasteiger partial charge in [-0.3, -0.25) is 4.79 Å². The van der Waals surface area contributed by atoms with Gasteiger partial charge in [-0.25, -0.2) is 9.56 Å². The number of nitrogens with zero attached hydrogens (tertiary/aromatic N) is 3. The molecule has 0 atom stereocenters. The number of aromatic nitrogens is 1. The van der Waals surface area contributed by atoms with E-state index in [1.54, 1.807) is 0 Å². The van der Waals surface area contributed by atoms with Crippen molar-refractivity contribution in [2.75, 3.05) is 14.1 Å². The normalized spacial score (nSPS) is 14.0. The van der Waals surface area contributed by atoms with Gasteiger partial charge < -0.3 is 15.3 Å². The van der Waals surface area contributed by atoms with Gasteiger partial charge in [0.05, 0.1) is 22.5 Å². The van der Waals surface area contributed by atoms with Crippen molar-refractivity contribution in [2.45, 2.75) is 38.3 Å². The summed E-state index contributed by atoms with van der Waals surface area (Å²) in [4.78, 5) is 19.6. The van der Waals surface area contributed by atoms with Crippen LogP contribution in [0.1, 0.15) is 42.4 Å². The van der Waals surface area contributed by atoms with Gasteiger partial charge in [-0.1, -0.05) is 73.5 Å². The van der Waals surface area contributed by atoms with Gasteiger partial charge >= 0.3 is 0 Å². The molecular weight excluding hydrogens is 472 g/mol. The third-order valence-electron chi connectivity index (χ3n) is 6.78. The third kappa shape index (κ3) is 5.64. The average Bonchev–Trinajstić information content (AvgIpc) is 3.52. The first-order chi connectivity index (χ1) is 18.5. The second-order valence-corrected chi connectivity index (χ2v) is 9.97. The van der Waals surface area contributed by atoms with Crippen LogP contribution in [0.5, 0.6) is 5.88 Å². The number of amides is 1. The summed E-state index contributed by atoms with van der Waals surface area (Å²) in [6.07, 6.45) is 4.24. The summed E-state index contributed by atoms with van der Waals surface area (Å²) in [7, 11) is 4.08. The van der Waals surface area contributed by atoms with Gasteiger partial charge in [0.2, 0.25) is 5.88 Å². The second kappa shape index (κ2) is 11.4. The molecule has 1 aliphatic rings. The third-order valence-corrected chi connectivity index (χ3v) is 6.78. The fourth-order valence-electron chi connectivity index (χ4n) is 5.00. The summed E-state index contributed by atoms with van der Waals surface area (Å²) in [5.41, 5.74) is 4.77. The summed E-state index contributed by atoms with van der Waals surface area (Å²) in [6.45, 7) is 0.844. The molecule has 2 N–H and O–H groups in total. The van der Waals surface area contributed by atoms with E-state index in [2.05, 4.69) is 34.3 Å². The van der Waals surface area contributed by atoms with Crippen LogP contribution >= 0.6 is 0 Å². The number of para-hydroxylation sites is 1. The second-order valence-electron chi connectivity index (χ2n) is 9.97. The quantitative estimate of drug-likeness (QED) is 0.271. The first-order valence-electron chi connectivity index (χ1n) is 13.0. The maximum atomic E-state index is 12.5. The van der Waals surface area contributed by atoms with Gasteiger partial charge in [-0.05, 0) is 50.7 Å². The zero-order chi connectivity index (χ0) is 26.5. The van der Waals surface area contributed by atoms with E-state index in [0.29, 0.717) is 16.8 Å². The van der Waals surface area contributed by atoms with Crippen LogP contribution in [0.25, 0.3) is 10.9 Å². The fourth-order valence-corrected chi connectivity index (χ4v) is 5.00. The molecule has 0 aliphatic heterocycles. The van der Waals surface area contributed by atoms with Gasteiger partial charge in [-0.15, -0.1) is 0 Å². The topological polar surface area (TPSA) is 69.9 Å². The molecule has 1 aromatic heterocycles. The molecule has 0 saturated heterocycles. The Hall–Kier alpha value is -4.34.